The van der Waals surface area contributed by atoms with Crippen molar-refractivity contribution in [3.63, 3.8) is 0 Å². The minimum Gasteiger partial charge on any atom is -0.496 e. The quantitative estimate of drug-likeness (QED) is 0.736. The minimum atomic E-state index is -0.474. The van der Waals surface area contributed by atoms with Crippen LogP contribution in [0.2, 0.25) is 0 Å². The second kappa shape index (κ2) is 9.09. The van der Waals surface area contributed by atoms with Gasteiger partial charge >= 0.3 is 0 Å². The molecule has 22 heavy (non-hydrogen) atoms. The molecule has 0 radical (unpaired) electrons. The largest absolute Gasteiger partial charge is 0.496 e. The molecule has 1 rings (SSSR count). The topological polar surface area (TPSA) is 53.3 Å². The number of hydrogen-bond acceptors (Lipinski definition) is 3. The van der Waals surface area contributed by atoms with Crippen molar-refractivity contribution >= 4 is 5.91 Å². The number of benzene rings is 1. The third kappa shape index (κ3) is 4.77. The molecule has 1 aromatic carbocycles. The first-order valence-electron chi connectivity index (χ1n) is 7.89. The Balaban J connectivity index is 2.95. The first-order valence-corrected chi connectivity index (χ1v) is 7.89. The highest BCUT2D eigenvalue weighted by molar-refractivity contribution is 5.77. The maximum absolute atomic E-state index is 12.5. The third-order valence-corrected chi connectivity index (χ3v) is 3.63. The van der Waals surface area contributed by atoms with Gasteiger partial charge in [0, 0.05) is 25.1 Å². The second-order valence-electron chi connectivity index (χ2n) is 5.51. The molecule has 1 amide bonds. The summed E-state index contributed by atoms with van der Waals surface area (Å²) in [4.78, 5) is 14.3. The molecule has 0 saturated carbocycles. The molecule has 1 aromatic rings. The summed E-state index contributed by atoms with van der Waals surface area (Å²) in [6.07, 6.45) is 2.06. The van der Waals surface area contributed by atoms with Crippen molar-refractivity contribution in [1.29, 1.82) is 5.26 Å². The first-order chi connectivity index (χ1) is 10.6. The van der Waals surface area contributed by atoms with E-state index in [-0.39, 0.29) is 12.3 Å². The Morgan fingerprint density at radius 3 is 2.45 bits per heavy atom. The fourth-order valence-electron chi connectivity index (χ4n) is 2.56. The second-order valence-corrected chi connectivity index (χ2v) is 5.51. The maximum atomic E-state index is 12.5. The Morgan fingerprint density at radius 2 is 1.95 bits per heavy atom. The van der Waals surface area contributed by atoms with Crippen molar-refractivity contribution in [3.05, 3.63) is 29.3 Å². The monoisotopic (exact) mass is 302 g/mol. The Kier molecular flexibility index (Phi) is 7.45. The van der Waals surface area contributed by atoms with Gasteiger partial charge in [-0.1, -0.05) is 31.5 Å². The van der Waals surface area contributed by atoms with E-state index in [9.17, 15) is 10.1 Å². The summed E-state index contributed by atoms with van der Waals surface area (Å²) >= 11 is 0. The first kappa shape index (κ1) is 18.0. The summed E-state index contributed by atoms with van der Waals surface area (Å²) < 4.78 is 5.34. The lowest BCUT2D eigenvalue weighted by atomic mass is 9.94. The lowest BCUT2D eigenvalue weighted by molar-refractivity contribution is -0.131. The zero-order chi connectivity index (χ0) is 16.5. The van der Waals surface area contributed by atoms with Crippen LogP contribution in [0.1, 0.15) is 50.2 Å². The Labute approximate surface area is 133 Å². The molecule has 4 heteroatoms. The van der Waals surface area contributed by atoms with Crippen LogP contribution in [-0.4, -0.2) is 31.0 Å². The van der Waals surface area contributed by atoms with Crippen molar-refractivity contribution in [3.8, 4) is 11.8 Å². The molecule has 0 aromatic heterocycles. The fraction of sp³-hybridized carbons (Fsp3) is 0.556. The van der Waals surface area contributed by atoms with Crippen LogP contribution in [0.3, 0.4) is 0 Å². The predicted molar refractivity (Wildman–Crippen MR) is 87.9 cm³/mol. The van der Waals surface area contributed by atoms with Crippen molar-refractivity contribution in [2.45, 2.75) is 46.0 Å². The van der Waals surface area contributed by atoms with Crippen LogP contribution in [0, 0.1) is 18.3 Å². The molecular formula is C18H26N2O2. The van der Waals surface area contributed by atoms with E-state index in [1.165, 1.54) is 0 Å². The number of aryl methyl sites for hydroxylation is 1. The third-order valence-electron chi connectivity index (χ3n) is 3.63. The Morgan fingerprint density at radius 1 is 1.32 bits per heavy atom. The highest BCUT2D eigenvalue weighted by Crippen LogP contribution is 2.30. The zero-order valence-corrected chi connectivity index (χ0v) is 14.1. The van der Waals surface area contributed by atoms with Crippen LogP contribution in [0.15, 0.2) is 18.2 Å². The molecule has 1 unspecified atom stereocenters. The molecular weight excluding hydrogens is 276 g/mol. The van der Waals surface area contributed by atoms with Gasteiger partial charge in [0.05, 0.1) is 19.1 Å². The predicted octanol–water partition coefficient (Wildman–Crippen LogP) is 3.65. The van der Waals surface area contributed by atoms with E-state index in [2.05, 4.69) is 19.9 Å². The smallest absolute Gasteiger partial charge is 0.224 e. The SMILES string of the molecule is CCCN(CCC)C(=O)CC(C#N)c1cc(C)ccc1OC. The van der Waals surface area contributed by atoms with Crippen molar-refractivity contribution in [2.24, 2.45) is 0 Å². The van der Waals surface area contributed by atoms with Gasteiger partial charge < -0.3 is 9.64 Å². The number of hydrogen-bond donors (Lipinski definition) is 0. The lowest BCUT2D eigenvalue weighted by Crippen LogP contribution is -2.33. The van der Waals surface area contributed by atoms with Gasteiger partial charge in [0.2, 0.25) is 5.91 Å². The Bertz CT molecular complexity index is 528. The van der Waals surface area contributed by atoms with Crippen LogP contribution in [-0.2, 0) is 4.79 Å². The van der Waals surface area contributed by atoms with Gasteiger partial charge in [-0.2, -0.15) is 5.26 Å². The average molecular weight is 302 g/mol. The summed E-state index contributed by atoms with van der Waals surface area (Å²) in [5.41, 5.74) is 1.86. The van der Waals surface area contributed by atoms with Gasteiger partial charge in [0.15, 0.2) is 0 Å². The molecule has 0 spiro atoms. The van der Waals surface area contributed by atoms with Crippen LogP contribution in [0.4, 0.5) is 0 Å². The van der Waals surface area contributed by atoms with Crippen LogP contribution < -0.4 is 4.74 Å². The van der Waals surface area contributed by atoms with E-state index < -0.39 is 5.92 Å². The van der Waals surface area contributed by atoms with E-state index in [0.29, 0.717) is 5.75 Å². The minimum absolute atomic E-state index is 0.0406. The summed E-state index contributed by atoms with van der Waals surface area (Å²) in [7, 11) is 1.59. The number of carbonyl (C=O) groups excluding carboxylic acids is 1. The highest BCUT2D eigenvalue weighted by Gasteiger charge is 2.22. The van der Waals surface area contributed by atoms with E-state index in [1.807, 2.05) is 30.0 Å². The number of nitriles is 1. The van der Waals surface area contributed by atoms with Crippen molar-refractivity contribution < 1.29 is 9.53 Å². The van der Waals surface area contributed by atoms with Crippen LogP contribution >= 0.6 is 0 Å². The molecule has 0 aliphatic rings. The lowest BCUT2D eigenvalue weighted by Gasteiger charge is -2.23. The molecule has 0 aliphatic heterocycles. The number of nitrogens with zero attached hydrogens (tertiary/aromatic N) is 2. The van der Waals surface area contributed by atoms with Gasteiger partial charge in [0.1, 0.15) is 5.75 Å². The Hall–Kier alpha value is -2.02. The van der Waals surface area contributed by atoms with E-state index >= 15 is 0 Å². The molecule has 0 N–H and O–H groups in total. The fourth-order valence-corrected chi connectivity index (χ4v) is 2.56. The van der Waals surface area contributed by atoms with Gasteiger partial charge in [-0.05, 0) is 25.8 Å². The molecule has 0 aliphatic carbocycles. The van der Waals surface area contributed by atoms with Gasteiger partial charge in [0.25, 0.3) is 0 Å². The molecule has 0 saturated heterocycles. The van der Waals surface area contributed by atoms with Crippen molar-refractivity contribution in [2.75, 3.05) is 20.2 Å². The normalized spacial score (nSPS) is 11.6. The van der Waals surface area contributed by atoms with E-state index in [4.69, 9.17) is 4.74 Å². The maximum Gasteiger partial charge on any atom is 0.224 e. The van der Waals surface area contributed by atoms with E-state index in [1.54, 1.807) is 7.11 Å². The van der Waals surface area contributed by atoms with Gasteiger partial charge in [-0.25, -0.2) is 0 Å². The van der Waals surface area contributed by atoms with Crippen LogP contribution in [0.5, 0.6) is 5.75 Å². The number of ether oxygens (including phenoxy) is 1. The van der Waals surface area contributed by atoms with Crippen molar-refractivity contribution in [1.82, 2.24) is 4.90 Å². The van der Waals surface area contributed by atoms with E-state index in [0.717, 1.165) is 37.1 Å². The van der Waals surface area contributed by atoms with Gasteiger partial charge in [-0.3, -0.25) is 4.79 Å². The molecule has 4 nitrogen and oxygen atoms in total. The molecule has 120 valence electrons. The summed E-state index contributed by atoms with van der Waals surface area (Å²) in [6.45, 7) is 7.58. The standard InChI is InChI=1S/C18H26N2O2/c1-5-9-20(10-6-2)18(21)12-15(13-19)16-11-14(3)7-8-17(16)22-4/h7-8,11,15H,5-6,9-10,12H2,1-4H3. The zero-order valence-electron chi connectivity index (χ0n) is 14.1. The number of carbonyl (C=O) groups is 1. The number of amides is 1. The summed E-state index contributed by atoms with van der Waals surface area (Å²) in [6, 6.07) is 8.00. The number of rotatable bonds is 8. The highest BCUT2D eigenvalue weighted by atomic mass is 16.5. The number of methoxy groups -OCH3 is 1. The molecule has 0 heterocycles. The molecule has 0 fully saturated rings. The summed E-state index contributed by atoms with van der Waals surface area (Å²) in [5.74, 6) is 0.236. The molecule has 1 atom stereocenters. The summed E-state index contributed by atoms with van der Waals surface area (Å²) in [5, 5.41) is 9.50. The van der Waals surface area contributed by atoms with Crippen LogP contribution in [0.25, 0.3) is 0 Å². The average Bonchev–Trinajstić information content (AvgIpc) is 2.52. The molecule has 0 bridgehead atoms. The van der Waals surface area contributed by atoms with Gasteiger partial charge in [-0.15, -0.1) is 0 Å².